The van der Waals surface area contributed by atoms with Crippen LogP contribution in [0.2, 0.25) is 0 Å². The van der Waals surface area contributed by atoms with E-state index in [-0.39, 0.29) is 18.1 Å². The van der Waals surface area contributed by atoms with Crippen LogP contribution in [-0.4, -0.2) is 31.2 Å². The molecule has 0 saturated carbocycles. The number of ether oxygens (including phenoxy) is 1. The first-order valence-corrected chi connectivity index (χ1v) is 6.97. The molecule has 1 amide bonds. The summed E-state index contributed by atoms with van der Waals surface area (Å²) in [7, 11) is 0. The summed E-state index contributed by atoms with van der Waals surface area (Å²) in [6.45, 7) is 5.73. The average molecular weight is 262 g/mol. The lowest BCUT2D eigenvalue weighted by atomic mass is 10.1. The molecular formula is C15H22N2O2. The number of nitrogens with one attached hydrogen (secondary N) is 2. The van der Waals surface area contributed by atoms with Crippen LogP contribution in [0.3, 0.4) is 0 Å². The number of rotatable bonds is 5. The summed E-state index contributed by atoms with van der Waals surface area (Å²) in [5, 5.41) is 6.21. The molecule has 19 heavy (non-hydrogen) atoms. The molecule has 1 fully saturated rings. The average Bonchev–Trinajstić information content (AvgIpc) is 2.94. The third-order valence-electron chi connectivity index (χ3n) is 3.41. The second-order valence-electron chi connectivity index (χ2n) is 4.92. The molecule has 104 valence electrons. The van der Waals surface area contributed by atoms with Crippen LogP contribution in [0.1, 0.15) is 37.0 Å². The predicted molar refractivity (Wildman–Crippen MR) is 76.5 cm³/mol. The lowest BCUT2D eigenvalue weighted by Crippen LogP contribution is -2.40. The Kier molecular flexibility index (Phi) is 4.80. The van der Waals surface area contributed by atoms with Crippen molar-refractivity contribution < 1.29 is 9.53 Å². The number of amides is 1. The van der Waals surface area contributed by atoms with Crippen molar-refractivity contribution in [3.8, 4) is 0 Å². The molecule has 1 heterocycles. The Balaban J connectivity index is 1.91. The molecule has 0 spiro atoms. The Bertz CT molecular complexity index is 411. The number of anilines is 1. The van der Waals surface area contributed by atoms with E-state index in [1.807, 2.05) is 38.1 Å². The molecule has 1 aliphatic heterocycles. The third-order valence-corrected chi connectivity index (χ3v) is 3.41. The maximum atomic E-state index is 12.1. The van der Waals surface area contributed by atoms with Gasteiger partial charge in [0.2, 0.25) is 0 Å². The summed E-state index contributed by atoms with van der Waals surface area (Å²) < 4.78 is 5.58. The van der Waals surface area contributed by atoms with Crippen molar-refractivity contribution in [3.05, 3.63) is 29.8 Å². The van der Waals surface area contributed by atoms with Crippen LogP contribution in [-0.2, 0) is 4.74 Å². The lowest BCUT2D eigenvalue weighted by molar-refractivity contribution is 0.0712. The molecule has 0 bridgehead atoms. The molecule has 2 atom stereocenters. The molecule has 1 saturated heterocycles. The zero-order valence-electron chi connectivity index (χ0n) is 11.6. The van der Waals surface area contributed by atoms with E-state index >= 15 is 0 Å². The molecule has 1 aliphatic rings. The van der Waals surface area contributed by atoms with Crippen LogP contribution in [0.5, 0.6) is 0 Å². The maximum absolute atomic E-state index is 12.1. The zero-order chi connectivity index (χ0) is 13.7. The van der Waals surface area contributed by atoms with E-state index in [0.717, 1.165) is 31.7 Å². The lowest BCUT2D eigenvalue weighted by Gasteiger charge is -2.20. The largest absolute Gasteiger partial charge is 0.385 e. The Hall–Kier alpha value is -1.55. The van der Waals surface area contributed by atoms with E-state index in [2.05, 4.69) is 10.6 Å². The summed E-state index contributed by atoms with van der Waals surface area (Å²) in [5.74, 6) is -0.0361. The van der Waals surface area contributed by atoms with Crippen molar-refractivity contribution in [2.45, 2.75) is 38.8 Å². The van der Waals surface area contributed by atoms with Gasteiger partial charge in [0.15, 0.2) is 0 Å². The van der Waals surface area contributed by atoms with Gasteiger partial charge in [-0.3, -0.25) is 4.79 Å². The van der Waals surface area contributed by atoms with Crippen LogP contribution in [0.15, 0.2) is 24.3 Å². The van der Waals surface area contributed by atoms with E-state index in [1.54, 1.807) is 0 Å². The van der Waals surface area contributed by atoms with Gasteiger partial charge in [-0.2, -0.15) is 0 Å². The van der Waals surface area contributed by atoms with Crippen molar-refractivity contribution in [2.75, 3.05) is 18.5 Å². The maximum Gasteiger partial charge on any atom is 0.251 e. The van der Waals surface area contributed by atoms with Gasteiger partial charge in [-0.1, -0.05) is 0 Å². The molecule has 1 aromatic carbocycles. The van der Waals surface area contributed by atoms with Gasteiger partial charge in [-0.15, -0.1) is 0 Å². The first-order valence-electron chi connectivity index (χ1n) is 6.97. The van der Waals surface area contributed by atoms with E-state index < -0.39 is 0 Å². The molecule has 4 heteroatoms. The molecule has 0 radical (unpaired) electrons. The van der Waals surface area contributed by atoms with Gasteiger partial charge in [0.05, 0.1) is 12.1 Å². The minimum atomic E-state index is -0.0361. The smallest absolute Gasteiger partial charge is 0.251 e. The van der Waals surface area contributed by atoms with Crippen molar-refractivity contribution >= 4 is 11.6 Å². The minimum Gasteiger partial charge on any atom is -0.385 e. The highest BCUT2D eigenvalue weighted by atomic mass is 16.5. The fraction of sp³-hybridized carbons (Fsp3) is 0.533. The summed E-state index contributed by atoms with van der Waals surface area (Å²) in [4.78, 5) is 12.1. The number of carbonyl (C=O) groups excluding carboxylic acids is 1. The van der Waals surface area contributed by atoms with E-state index in [9.17, 15) is 4.79 Å². The Morgan fingerprint density at radius 1 is 1.42 bits per heavy atom. The summed E-state index contributed by atoms with van der Waals surface area (Å²) >= 11 is 0. The van der Waals surface area contributed by atoms with Gasteiger partial charge < -0.3 is 15.4 Å². The van der Waals surface area contributed by atoms with Gasteiger partial charge in [0.25, 0.3) is 5.91 Å². The van der Waals surface area contributed by atoms with Crippen molar-refractivity contribution in [1.82, 2.24) is 5.32 Å². The van der Waals surface area contributed by atoms with Crippen LogP contribution < -0.4 is 10.6 Å². The van der Waals surface area contributed by atoms with E-state index in [0.29, 0.717) is 5.56 Å². The number of benzene rings is 1. The number of hydrogen-bond donors (Lipinski definition) is 2. The molecular weight excluding hydrogens is 240 g/mol. The first kappa shape index (κ1) is 13.9. The molecule has 1 aromatic rings. The van der Waals surface area contributed by atoms with Crippen LogP contribution >= 0.6 is 0 Å². The van der Waals surface area contributed by atoms with Crippen LogP contribution in [0.25, 0.3) is 0 Å². The normalized spacial score (nSPS) is 20.0. The second kappa shape index (κ2) is 6.57. The van der Waals surface area contributed by atoms with Gasteiger partial charge in [0, 0.05) is 24.4 Å². The summed E-state index contributed by atoms with van der Waals surface area (Å²) in [6.07, 6.45) is 2.27. The standard InChI is InChI=1S/C15H22N2O2/c1-3-16-13-8-6-12(7-9-13)15(18)17-11(2)14-5-4-10-19-14/h6-9,11,14,16H,3-5,10H2,1-2H3,(H,17,18). The fourth-order valence-corrected chi connectivity index (χ4v) is 2.32. The SMILES string of the molecule is CCNc1ccc(C(=O)NC(C)C2CCCO2)cc1. The van der Waals surface area contributed by atoms with Gasteiger partial charge >= 0.3 is 0 Å². The Labute approximate surface area is 114 Å². The van der Waals surface area contributed by atoms with Gasteiger partial charge in [-0.25, -0.2) is 0 Å². The highest BCUT2D eigenvalue weighted by Crippen LogP contribution is 2.16. The molecule has 2 N–H and O–H groups in total. The molecule has 4 nitrogen and oxygen atoms in total. The molecule has 0 aromatic heterocycles. The zero-order valence-corrected chi connectivity index (χ0v) is 11.6. The topological polar surface area (TPSA) is 50.4 Å². The third kappa shape index (κ3) is 3.70. The Morgan fingerprint density at radius 3 is 2.74 bits per heavy atom. The number of hydrogen-bond acceptors (Lipinski definition) is 3. The van der Waals surface area contributed by atoms with Gasteiger partial charge in [-0.05, 0) is 51.0 Å². The predicted octanol–water partition coefficient (Wildman–Crippen LogP) is 2.42. The summed E-state index contributed by atoms with van der Waals surface area (Å²) in [6, 6.07) is 7.60. The highest BCUT2D eigenvalue weighted by molar-refractivity contribution is 5.94. The molecule has 0 aliphatic carbocycles. The minimum absolute atomic E-state index is 0.0361. The van der Waals surface area contributed by atoms with Crippen molar-refractivity contribution in [2.24, 2.45) is 0 Å². The quantitative estimate of drug-likeness (QED) is 0.856. The van der Waals surface area contributed by atoms with Crippen LogP contribution in [0.4, 0.5) is 5.69 Å². The number of carbonyl (C=O) groups is 1. The monoisotopic (exact) mass is 262 g/mol. The van der Waals surface area contributed by atoms with E-state index in [1.165, 1.54) is 0 Å². The molecule has 2 rings (SSSR count). The second-order valence-corrected chi connectivity index (χ2v) is 4.92. The van der Waals surface area contributed by atoms with Crippen molar-refractivity contribution in [1.29, 1.82) is 0 Å². The highest BCUT2D eigenvalue weighted by Gasteiger charge is 2.23. The van der Waals surface area contributed by atoms with Crippen molar-refractivity contribution in [3.63, 3.8) is 0 Å². The Morgan fingerprint density at radius 2 is 2.16 bits per heavy atom. The fourth-order valence-electron chi connectivity index (χ4n) is 2.32. The summed E-state index contributed by atoms with van der Waals surface area (Å²) in [5.41, 5.74) is 1.72. The van der Waals surface area contributed by atoms with Gasteiger partial charge in [0.1, 0.15) is 0 Å². The molecule has 2 unspecified atom stereocenters. The van der Waals surface area contributed by atoms with Crippen LogP contribution in [0, 0.1) is 0 Å². The van der Waals surface area contributed by atoms with E-state index in [4.69, 9.17) is 4.74 Å². The first-order chi connectivity index (χ1) is 9.20.